The Kier molecular flexibility index (Phi) is 15.6. The summed E-state index contributed by atoms with van der Waals surface area (Å²) in [5.74, 6) is -2.73. The third-order valence-electron chi connectivity index (χ3n) is 7.81. The summed E-state index contributed by atoms with van der Waals surface area (Å²) in [4.78, 5) is 39.8. The first kappa shape index (κ1) is 42.4. The lowest BCUT2D eigenvalue weighted by atomic mass is 9.73. The number of carbonyl (C=O) groups is 3. The van der Waals surface area contributed by atoms with Crippen LogP contribution >= 0.6 is 0 Å². The number of sulfone groups is 1. The van der Waals surface area contributed by atoms with Crippen molar-refractivity contribution in [2.24, 2.45) is 5.41 Å². The van der Waals surface area contributed by atoms with Crippen LogP contribution in [0.5, 0.6) is 0 Å². The number of rotatable bonds is 17. The molecule has 2 rings (SSSR count). The summed E-state index contributed by atoms with van der Waals surface area (Å²) in [5.41, 5.74) is 0.147. The number of aliphatic hydroxyl groups excluding tert-OH is 1. The van der Waals surface area contributed by atoms with Crippen LogP contribution in [-0.2, 0) is 45.7 Å². The zero-order valence-electron chi connectivity index (χ0n) is 30.5. The number of aliphatic hydroxyl groups is 1. The Bertz CT molecular complexity index is 1590. The van der Waals surface area contributed by atoms with Gasteiger partial charge in [-0.15, -0.1) is 0 Å². The lowest BCUT2D eigenvalue weighted by Crippen LogP contribution is -2.55. The predicted molar refractivity (Wildman–Crippen MR) is 190 cm³/mol. The van der Waals surface area contributed by atoms with Crippen LogP contribution in [0.25, 0.3) is 6.08 Å². The number of esters is 1. The van der Waals surface area contributed by atoms with Gasteiger partial charge in [0.15, 0.2) is 9.84 Å². The summed E-state index contributed by atoms with van der Waals surface area (Å²) < 4.78 is 58.5. The second kappa shape index (κ2) is 18.4. The van der Waals surface area contributed by atoms with E-state index in [2.05, 4.69) is 5.43 Å². The normalized spacial score (nSPS) is 13.7. The van der Waals surface area contributed by atoms with Gasteiger partial charge < -0.3 is 19.3 Å². The number of carbonyl (C=O) groups excluding carboxylic acids is 3. The smallest absolute Gasteiger partial charge is 0.428 e. The Hall–Kier alpha value is -3.81. The molecule has 0 fully saturated rings. The van der Waals surface area contributed by atoms with Gasteiger partial charge in [-0.2, -0.15) is 0 Å². The molecule has 0 saturated heterocycles. The molecule has 278 valence electrons. The van der Waals surface area contributed by atoms with Gasteiger partial charge in [0.25, 0.3) is 5.91 Å². The number of hydrogen-bond acceptors (Lipinski definition) is 9. The molecule has 2 aromatic carbocycles. The van der Waals surface area contributed by atoms with Gasteiger partial charge in [-0.1, -0.05) is 68.8 Å². The Morgan fingerprint density at radius 1 is 1.00 bits per heavy atom. The van der Waals surface area contributed by atoms with Crippen LogP contribution in [0.15, 0.2) is 54.1 Å². The van der Waals surface area contributed by atoms with Crippen molar-refractivity contribution in [3.63, 3.8) is 0 Å². The molecule has 0 spiro atoms. The number of amides is 2. The van der Waals surface area contributed by atoms with E-state index in [1.807, 2.05) is 30.3 Å². The average molecular weight is 721 g/mol. The SMILES string of the molecule is CCOC(=O)/C(C)=C/c1cccc(C(CCCC(C)(C)CS(=O)(=O)CCO)(COCc2ccccc2)C(=O)NN(C)C(=O)OC(C)(C)C)c1F. The number of ether oxygens (including phenoxy) is 3. The van der Waals surface area contributed by atoms with Crippen molar-refractivity contribution < 1.29 is 46.5 Å². The zero-order valence-corrected chi connectivity index (χ0v) is 31.3. The number of hydrogen-bond donors (Lipinski definition) is 2. The molecule has 0 saturated carbocycles. The van der Waals surface area contributed by atoms with E-state index < -0.39 is 56.7 Å². The van der Waals surface area contributed by atoms with E-state index in [0.29, 0.717) is 6.42 Å². The lowest BCUT2D eigenvalue weighted by molar-refractivity contribution is -0.138. The second-order valence-electron chi connectivity index (χ2n) is 14.1. The second-order valence-corrected chi connectivity index (χ2v) is 16.3. The first-order chi connectivity index (χ1) is 23.3. The monoisotopic (exact) mass is 720 g/mol. The largest absolute Gasteiger partial charge is 0.463 e. The van der Waals surface area contributed by atoms with Gasteiger partial charge in [0.05, 0.1) is 37.9 Å². The fourth-order valence-corrected chi connectivity index (χ4v) is 7.21. The van der Waals surface area contributed by atoms with Crippen molar-refractivity contribution >= 4 is 33.9 Å². The van der Waals surface area contributed by atoms with Crippen molar-refractivity contribution in [3.05, 3.63) is 76.6 Å². The van der Waals surface area contributed by atoms with E-state index >= 15 is 4.39 Å². The van der Waals surface area contributed by atoms with Crippen molar-refractivity contribution in [3.8, 4) is 0 Å². The van der Waals surface area contributed by atoms with Crippen LogP contribution in [0, 0.1) is 11.2 Å². The molecule has 0 radical (unpaired) electrons. The Morgan fingerprint density at radius 2 is 1.66 bits per heavy atom. The fourth-order valence-electron chi connectivity index (χ4n) is 5.45. The summed E-state index contributed by atoms with van der Waals surface area (Å²) in [7, 11) is -2.25. The molecule has 0 aliphatic rings. The predicted octanol–water partition coefficient (Wildman–Crippen LogP) is 5.75. The molecule has 13 heteroatoms. The molecule has 0 aliphatic heterocycles. The number of benzene rings is 2. The van der Waals surface area contributed by atoms with E-state index in [-0.39, 0.29) is 60.9 Å². The first-order valence-corrected chi connectivity index (χ1v) is 18.4. The highest BCUT2D eigenvalue weighted by Crippen LogP contribution is 2.37. The highest BCUT2D eigenvalue weighted by atomic mass is 32.2. The average Bonchev–Trinajstić information content (AvgIpc) is 3.00. The van der Waals surface area contributed by atoms with E-state index in [0.717, 1.165) is 10.6 Å². The van der Waals surface area contributed by atoms with Gasteiger partial charge in [-0.25, -0.2) is 27.4 Å². The Morgan fingerprint density at radius 3 is 2.26 bits per heavy atom. The molecule has 1 unspecified atom stereocenters. The number of halogens is 1. The van der Waals surface area contributed by atoms with E-state index in [1.54, 1.807) is 47.6 Å². The van der Waals surface area contributed by atoms with Crippen LogP contribution in [0.3, 0.4) is 0 Å². The van der Waals surface area contributed by atoms with Gasteiger partial charge in [-0.05, 0) is 64.5 Å². The van der Waals surface area contributed by atoms with Crippen molar-refractivity contribution in [1.29, 1.82) is 0 Å². The highest BCUT2D eigenvalue weighted by molar-refractivity contribution is 7.91. The molecule has 2 N–H and O–H groups in total. The highest BCUT2D eigenvalue weighted by Gasteiger charge is 2.44. The van der Waals surface area contributed by atoms with E-state index in [4.69, 9.17) is 14.2 Å². The summed E-state index contributed by atoms with van der Waals surface area (Å²) in [6.45, 7) is 11.1. The van der Waals surface area contributed by atoms with Crippen LogP contribution in [0.1, 0.15) is 84.4 Å². The fraction of sp³-hybridized carbons (Fsp3) is 0.541. The summed E-state index contributed by atoms with van der Waals surface area (Å²) >= 11 is 0. The number of nitrogens with zero attached hydrogens (tertiary/aromatic N) is 1. The van der Waals surface area contributed by atoms with Crippen molar-refractivity contribution in [2.45, 2.75) is 85.4 Å². The number of hydrazine groups is 1. The minimum absolute atomic E-state index is 0.0137. The third-order valence-corrected chi connectivity index (χ3v) is 9.84. The lowest BCUT2D eigenvalue weighted by Gasteiger charge is -2.36. The Balaban J connectivity index is 2.69. The van der Waals surface area contributed by atoms with Gasteiger partial charge in [0.1, 0.15) is 16.8 Å². The van der Waals surface area contributed by atoms with Gasteiger partial charge in [0, 0.05) is 23.7 Å². The van der Waals surface area contributed by atoms with E-state index in [1.165, 1.54) is 32.2 Å². The van der Waals surface area contributed by atoms with Crippen molar-refractivity contribution in [2.75, 3.05) is 38.4 Å². The molecule has 2 amide bonds. The van der Waals surface area contributed by atoms with Crippen LogP contribution < -0.4 is 5.43 Å². The maximum atomic E-state index is 16.7. The first-order valence-electron chi connectivity index (χ1n) is 16.6. The van der Waals surface area contributed by atoms with E-state index in [9.17, 15) is 27.9 Å². The topological polar surface area (TPSA) is 149 Å². The van der Waals surface area contributed by atoms with Gasteiger partial charge in [0.2, 0.25) is 0 Å². The molecule has 0 heterocycles. The maximum Gasteiger partial charge on any atom is 0.428 e. The quantitative estimate of drug-likeness (QED) is 0.118. The van der Waals surface area contributed by atoms with Crippen LogP contribution in [0.4, 0.5) is 9.18 Å². The number of nitrogens with one attached hydrogen (secondary N) is 1. The molecule has 11 nitrogen and oxygen atoms in total. The third kappa shape index (κ3) is 13.1. The van der Waals surface area contributed by atoms with Crippen LogP contribution in [-0.4, -0.2) is 80.5 Å². The van der Waals surface area contributed by atoms with Gasteiger partial charge in [-0.3, -0.25) is 10.2 Å². The zero-order chi connectivity index (χ0) is 37.8. The maximum absolute atomic E-state index is 16.7. The molecule has 1 atom stereocenters. The Labute approximate surface area is 296 Å². The molecular weight excluding hydrogens is 667 g/mol. The minimum Gasteiger partial charge on any atom is -0.463 e. The van der Waals surface area contributed by atoms with Gasteiger partial charge >= 0.3 is 12.1 Å². The molecular formula is C37H53FN2O9S. The molecule has 0 aromatic heterocycles. The van der Waals surface area contributed by atoms with Crippen LogP contribution in [0.2, 0.25) is 0 Å². The van der Waals surface area contributed by atoms with Crippen molar-refractivity contribution in [1.82, 2.24) is 10.4 Å². The summed E-state index contributed by atoms with van der Waals surface area (Å²) in [5, 5.41) is 10.1. The standard InChI is InChI=1S/C37H53FN2O9S/c1-9-48-32(42)27(2)23-29-17-13-18-30(31(29)38)37(25-47-24-28-15-11-10-12-16-28,33(43)39-40(8)34(44)49-35(3,4)5)20-14-19-36(6,7)26-50(45,46)22-21-41/h10-13,15-18,23,41H,9,14,19-22,24-26H2,1-8H3,(H,39,43)/b27-23+. The molecule has 0 bridgehead atoms. The molecule has 2 aromatic rings. The summed E-state index contributed by atoms with van der Waals surface area (Å²) in [6, 6.07) is 13.7. The summed E-state index contributed by atoms with van der Waals surface area (Å²) in [6.07, 6.45) is 1.05. The minimum atomic E-state index is -3.56. The molecule has 50 heavy (non-hydrogen) atoms. The molecule has 0 aliphatic carbocycles.